The van der Waals surface area contributed by atoms with Crippen molar-refractivity contribution >= 4 is 42.4 Å². The fraction of sp³-hybridized carbons (Fsp3) is 0.562. The summed E-state index contributed by atoms with van der Waals surface area (Å²) >= 11 is 5.84. The van der Waals surface area contributed by atoms with Crippen LogP contribution in [0.25, 0.3) is 0 Å². The molecule has 2 rings (SSSR count). The van der Waals surface area contributed by atoms with Crippen LogP contribution in [0.5, 0.6) is 0 Å². The number of unbranched alkanes of at least 4 members (excludes halogenated alkanes) is 1. The predicted octanol–water partition coefficient (Wildman–Crippen LogP) is 3.67. The van der Waals surface area contributed by atoms with Crippen LogP contribution < -0.4 is 10.6 Å². The van der Waals surface area contributed by atoms with E-state index in [-0.39, 0.29) is 24.8 Å². The van der Waals surface area contributed by atoms with Crippen molar-refractivity contribution < 1.29 is 0 Å². The van der Waals surface area contributed by atoms with Crippen LogP contribution in [0.3, 0.4) is 0 Å². The minimum atomic E-state index is 0. The van der Waals surface area contributed by atoms with Crippen LogP contribution >= 0.6 is 36.4 Å². The van der Waals surface area contributed by atoms with E-state index in [9.17, 15) is 0 Å². The molecular weight excluding hydrogens is 355 g/mol. The Kier molecular flexibility index (Phi) is 12.3. The van der Waals surface area contributed by atoms with E-state index in [1.807, 2.05) is 24.3 Å². The van der Waals surface area contributed by atoms with Gasteiger partial charge in [-0.1, -0.05) is 23.7 Å². The van der Waals surface area contributed by atoms with Crippen molar-refractivity contribution in [3.05, 3.63) is 34.9 Å². The molecule has 3 N–H and O–H groups in total. The molecule has 0 bridgehead atoms. The summed E-state index contributed by atoms with van der Waals surface area (Å²) in [5.41, 5.74) is 1.12. The first-order chi connectivity index (χ1) is 10.2. The first-order valence-electron chi connectivity index (χ1n) is 7.77. The highest BCUT2D eigenvalue weighted by molar-refractivity contribution is 6.30. The molecule has 4 nitrogen and oxygen atoms in total. The quantitative estimate of drug-likeness (QED) is 0.384. The minimum absolute atomic E-state index is 0. The maximum absolute atomic E-state index is 7.82. The van der Waals surface area contributed by atoms with Crippen LogP contribution in [0, 0.1) is 5.41 Å². The summed E-state index contributed by atoms with van der Waals surface area (Å²) in [5, 5.41) is 14.8. The number of benzene rings is 1. The van der Waals surface area contributed by atoms with Crippen molar-refractivity contribution in [2.75, 3.05) is 26.2 Å². The Morgan fingerprint density at radius 2 is 1.70 bits per heavy atom. The fourth-order valence-corrected chi connectivity index (χ4v) is 2.66. The van der Waals surface area contributed by atoms with E-state index < -0.39 is 0 Å². The topological polar surface area (TPSA) is 51.2 Å². The van der Waals surface area contributed by atoms with Gasteiger partial charge >= 0.3 is 0 Å². The molecule has 1 saturated heterocycles. The second kappa shape index (κ2) is 12.7. The van der Waals surface area contributed by atoms with E-state index in [0.29, 0.717) is 12.5 Å². The Morgan fingerprint density at radius 3 is 2.35 bits per heavy atom. The third-order valence-corrected chi connectivity index (χ3v) is 4.04. The molecule has 0 atom stereocenters. The summed E-state index contributed by atoms with van der Waals surface area (Å²) in [7, 11) is 0. The third-order valence-electron chi connectivity index (χ3n) is 3.78. The van der Waals surface area contributed by atoms with Gasteiger partial charge in [0.15, 0.2) is 5.96 Å². The fourth-order valence-electron chi connectivity index (χ4n) is 2.54. The van der Waals surface area contributed by atoms with E-state index in [1.54, 1.807) is 0 Å². The van der Waals surface area contributed by atoms with Gasteiger partial charge in [-0.15, -0.1) is 24.8 Å². The number of guanidine groups is 1. The molecule has 0 aliphatic carbocycles. The number of hydrogen-bond donors (Lipinski definition) is 3. The van der Waals surface area contributed by atoms with Gasteiger partial charge in [-0.2, -0.15) is 0 Å². The van der Waals surface area contributed by atoms with Gasteiger partial charge in [-0.3, -0.25) is 5.41 Å². The number of halogens is 3. The lowest BCUT2D eigenvalue weighted by Gasteiger charge is -2.14. The monoisotopic (exact) mass is 380 g/mol. The highest BCUT2D eigenvalue weighted by Gasteiger charge is 2.09. The largest absolute Gasteiger partial charge is 0.357 e. The van der Waals surface area contributed by atoms with Crippen LogP contribution in [0.4, 0.5) is 0 Å². The molecule has 1 heterocycles. The van der Waals surface area contributed by atoms with Gasteiger partial charge in [0.25, 0.3) is 0 Å². The molecule has 1 aliphatic rings. The van der Waals surface area contributed by atoms with Crippen LogP contribution in [0.15, 0.2) is 24.3 Å². The summed E-state index contributed by atoms with van der Waals surface area (Å²) in [6.45, 7) is 5.25. The van der Waals surface area contributed by atoms with Gasteiger partial charge in [0.05, 0.1) is 0 Å². The molecule has 0 unspecified atom stereocenters. The number of likely N-dealkylation sites (tertiary alicyclic amines) is 1. The van der Waals surface area contributed by atoms with Gasteiger partial charge in [-0.25, -0.2) is 0 Å². The van der Waals surface area contributed by atoms with Crippen LogP contribution in [-0.4, -0.2) is 37.0 Å². The molecule has 0 spiro atoms. The predicted molar refractivity (Wildman–Crippen MR) is 103 cm³/mol. The zero-order valence-corrected chi connectivity index (χ0v) is 15.7. The van der Waals surface area contributed by atoms with Gasteiger partial charge in [0, 0.05) is 18.1 Å². The minimum Gasteiger partial charge on any atom is -0.357 e. The van der Waals surface area contributed by atoms with Gasteiger partial charge in [0.2, 0.25) is 0 Å². The van der Waals surface area contributed by atoms with Crippen molar-refractivity contribution in [1.29, 1.82) is 5.41 Å². The molecule has 23 heavy (non-hydrogen) atoms. The lowest BCUT2D eigenvalue weighted by Crippen LogP contribution is -2.36. The average molecular weight is 382 g/mol. The molecule has 1 aromatic rings. The van der Waals surface area contributed by atoms with E-state index in [1.165, 1.54) is 38.9 Å². The van der Waals surface area contributed by atoms with E-state index >= 15 is 0 Å². The Hall–Kier alpha value is -0.680. The SMILES string of the molecule is Cl.Cl.N=C(NCCCCN1CCCC1)NCc1ccc(Cl)cc1. The van der Waals surface area contributed by atoms with Crippen molar-refractivity contribution in [3.63, 3.8) is 0 Å². The molecule has 0 saturated carbocycles. The number of nitrogens with one attached hydrogen (secondary N) is 3. The summed E-state index contributed by atoms with van der Waals surface area (Å²) in [5.74, 6) is 0.395. The zero-order valence-electron chi connectivity index (χ0n) is 13.3. The van der Waals surface area contributed by atoms with E-state index in [2.05, 4.69) is 15.5 Å². The molecule has 0 aromatic heterocycles. The summed E-state index contributed by atoms with van der Waals surface area (Å²) < 4.78 is 0. The summed E-state index contributed by atoms with van der Waals surface area (Å²) in [6.07, 6.45) is 5.04. The van der Waals surface area contributed by atoms with Gasteiger partial charge < -0.3 is 15.5 Å². The first kappa shape index (κ1) is 22.3. The standard InChI is InChI=1S/C16H25ClN4.2ClH/c17-15-7-5-14(6-8-15)13-20-16(18)19-9-1-2-10-21-11-3-4-12-21;;/h5-8H,1-4,9-13H2,(H3,18,19,20);2*1H. The number of nitrogens with zero attached hydrogens (tertiary/aromatic N) is 1. The molecule has 1 aliphatic heterocycles. The molecule has 1 fully saturated rings. The van der Waals surface area contributed by atoms with Crippen molar-refractivity contribution in [2.45, 2.75) is 32.2 Å². The van der Waals surface area contributed by atoms with Crippen molar-refractivity contribution in [2.24, 2.45) is 0 Å². The molecule has 7 heteroatoms. The number of rotatable bonds is 7. The second-order valence-corrected chi connectivity index (χ2v) is 5.97. The number of hydrogen-bond acceptors (Lipinski definition) is 2. The Bertz CT molecular complexity index is 433. The average Bonchev–Trinajstić information content (AvgIpc) is 2.99. The Morgan fingerprint density at radius 1 is 1.04 bits per heavy atom. The van der Waals surface area contributed by atoms with Crippen LogP contribution in [-0.2, 0) is 6.54 Å². The van der Waals surface area contributed by atoms with E-state index in [0.717, 1.165) is 23.6 Å². The highest BCUT2D eigenvalue weighted by Crippen LogP contribution is 2.09. The van der Waals surface area contributed by atoms with Crippen molar-refractivity contribution in [3.8, 4) is 0 Å². The molecule has 0 amide bonds. The summed E-state index contributed by atoms with van der Waals surface area (Å²) in [6, 6.07) is 7.68. The van der Waals surface area contributed by atoms with Gasteiger partial charge in [-0.05, 0) is 63.0 Å². The first-order valence-corrected chi connectivity index (χ1v) is 8.15. The van der Waals surface area contributed by atoms with Crippen LogP contribution in [0.2, 0.25) is 5.02 Å². The smallest absolute Gasteiger partial charge is 0.188 e. The molecule has 132 valence electrons. The second-order valence-electron chi connectivity index (χ2n) is 5.54. The van der Waals surface area contributed by atoms with E-state index in [4.69, 9.17) is 17.0 Å². The van der Waals surface area contributed by atoms with Crippen molar-refractivity contribution in [1.82, 2.24) is 15.5 Å². The highest BCUT2D eigenvalue weighted by atomic mass is 35.5. The maximum Gasteiger partial charge on any atom is 0.188 e. The lowest BCUT2D eigenvalue weighted by atomic mass is 10.2. The molecular formula is C16H27Cl3N4. The van der Waals surface area contributed by atoms with Gasteiger partial charge in [0.1, 0.15) is 0 Å². The molecule has 1 aromatic carbocycles. The Labute approximate surface area is 156 Å². The Balaban J connectivity index is 0.00000242. The normalized spacial score (nSPS) is 13.8. The van der Waals surface area contributed by atoms with Crippen LogP contribution in [0.1, 0.15) is 31.2 Å². The third kappa shape index (κ3) is 9.26. The summed E-state index contributed by atoms with van der Waals surface area (Å²) in [4.78, 5) is 2.53. The molecule has 0 radical (unpaired) electrons. The lowest BCUT2D eigenvalue weighted by molar-refractivity contribution is 0.330. The zero-order chi connectivity index (χ0) is 14.9. The maximum atomic E-state index is 7.82.